The molecule has 0 atom stereocenters. The van der Waals surface area contributed by atoms with E-state index < -0.39 is 0 Å². The van der Waals surface area contributed by atoms with Crippen molar-refractivity contribution in [3.63, 3.8) is 0 Å². The number of ether oxygens (including phenoxy) is 1. The normalized spacial score (nSPS) is 9.56. The lowest BCUT2D eigenvalue weighted by Gasteiger charge is -2.07. The fourth-order valence-electron chi connectivity index (χ4n) is 1.55. The summed E-state index contributed by atoms with van der Waals surface area (Å²) in [5.41, 5.74) is 1.45. The van der Waals surface area contributed by atoms with Gasteiger partial charge >= 0.3 is 5.97 Å². The molecule has 0 unspecified atom stereocenters. The Kier molecular flexibility index (Phi) is 6.42. The van der Waals surface area contributed by atoms with E-state index in [0.717, 1.165) is 18.7 Å². The monoisotopic (exact) mass is 245 g/mol. The Morgan fingerprint density at radius 2 is 2.28 bits per heavy atom. The summed E-state index contributed by atoms with van der Waals surface area (Å²) < 4.78 is 4.87. The van der Waals surface area contributed by atoms with Gasteiger partial charge in [0, 0.05) is 12.2 Å². The summed E-state index contributed by atoms with van der Waals surface area (Å²) in [6, 6.07) is 7.26. The zero-order valence-corrected chi connectivity index (χ0v) is 10.7. The van der Waals surface area contributed by atoms with E-state index >= 15 is 0 Å². The van der Waals surface area contributed by atoms with Crippen LogP contribution in [0, 0.1) is 12.3 Å². The number of benzene rings is 1. The molecule has 1 aromatic rings. The number of esters is 1. The highest BCUT2D eigenvalue weighted by Gasteiger charge is 2.06. The maximum absolute atomic E-state index is 11.6. The number of carbonyl (C=O) groups is 1. The third-order valence-corrected chi connectivity index (χ3v) is 2.49. The van der Waals surface area contributed by atoms with Gasteiger partial charge in [-0.05, 0) is 24.6 Å². The Morgan fingerprint density at radius 1 is 1.44 bits per heavy atom. The van der Waals surface area contributed by atoms with Crippen molar-refractivity contribution in [3.8, 4) is 12.3 Å². The number of nitrogens with one attached hydrogen (secondary N) is 1. The molecule has 0 fully saturated rings. The predicted molar refractivity (Wildman–Crippen MR) is 73.6 cm³/mol. The first-order valence-electron chi connectivity index (χ1n) is 6.22. The lowest BCUT2D eigenvalue weighted by atomic mass is 10.2. The molecule has 0 amide bonds. The van der Waals surface area contributed by atoms with Crippen LogP contribution in [0.5, 0.6) is 0 Å². The molecule has 0 radical (unpaired) electrons. The number of rotatable bonds is 7. The number of hydrogen-bond donors (Lipinski definition) is 1. The van der Waals surface area contributed by atoms with E-state index in [1.807, 2.05) is 12.1 Å². The Bertz CT molecular complexity index is 421. The van der Waals surface area contributed by atoms with Crippen LogP contribution in [0.1, 0.15) is 36.5 Å². The molecule has 0 aliphatic carbocycles. The van der Waals surface area contributed by atoms with E-state index in [4.69, 9.17) is 11.2 Å². The third kappa shape index (κ3) is 4.92. The summed E-state index contributed by atoms with van der Waals surface area (Å²) in [6.07, 6.45) is 8.57. The Labute approximate surface area is 109 Å². The summed E-state index contributed by atoms with van der Waals surface area (Å²) in [7, 11) is 0. The molecule has 0 aliphatic rings. The van der Waals surface area contributed by atoms with Gasteiger partial charge in [0.2, 0.25) is 0 Å². The topological polar surface area (TPSA) is 38.3 Å². The molecule has 0 aromatic heterocycles. The van der Waals surface area contributed by atoms with Crippen molar-refractivity contribution in [2.45, 2.75) is 26.2 Å². The third-order valence-electron chi connectivity index (χ3n) is 2.49. The first-order chi connectivity index (χ1) is 8.77. The molecule has 0 bridgehead atoms. The van der Waals surface area contributed by atoms with E-state index in [1.165, 1.54) is 12.8 Å². The van der Waals surface area contributed by atoms with Gasteiger partial charge in [-0.15, -0.1) is 6.42 Å². The summed E-state index contributed by atoms with van der Waals surface area (Å²) in [5.74, 6) is 1.89. The quantitative estimate of drug-likeness (QED) is 0.456. The number of terminal acetylenes is 1. The van der Waals surface area contributed by atoms with Crippen molar-refractivity contribution in [1.82, 2.24) is 0 Å². The van der Waals surface area contributed by atoms with Crippen LogP contribution in [0.25, 0.3) is 0 Å². The molecular formula is C15H19NO2. The van der Waals surface area contributed by atoms with Crippen LogP contribution in [-0.4, -0.2) is 19.1 Å². The van der Waals surface area contributed by atoms with Gasteiger partial charge in [0.1, 0.15) is 0 Å². The van der Waals surface area contributed by atoms with Gasteiger partial charge in [0.25, 0.3) is 0 Å². The molecule has 0 spiro atoms. The minimum absolute atomic E-state index is 0.00693. The van der Waals surface area contributed by atoms with E-state index in [9.17, 15) is 4.79 Å². The molecule has 1 N–H and O–H groups in total. The molecule has 0 aliphatic heterocycles. The molecule has 18 heavy (non-hydrogen) atoms. The van der Waals surface area contributed by atoms with Gasteiger partial charge < -0.3 is 10.1 Å². The highest BCUT2D eigenvalue weighted by molar-refractivity contribution is 5.90. The number of hydrogen-bond acceptors (Lipinski definition) is 3. The minimum atomic E-state index is -0.384. The van der Waals surface area contributed by atoms with E-state index in [0.29, 0.717) is 5.56 Å². The van der Waals surface area contributed by atoms with Crippen molar-refractivity contribution in [1.29, 1.82) is 0 Å². The summed E-state index contributed by atoms with van der Waals surface area (Å²) >= 11 is 0. The zero-order valence-electron chi connectivity index (χ0n) is 10.7. The van der Waals surface area contributed by atoms with E-state index in [1.54, 1.807) is 12.1 Å². The van der Waals surface area contributed by atoms with Crippen LogP contribution < -0.4 is 5.32 Å². The molecule has 0 saturated carbocycles. The van der Waals surface area contributed by atoms with Crippen LogP contribution in [0.15, 0.2) is 24.3 Å². The van der Waals surface area contributed by atoms with Gasteiger partial charge in [-0.25, -0.2) is 4.79 Å². The maximum atomic E-state index is 11.6. The molecule has 1 aromatic carbocycles. The number of anilines is 1. The second-order valence-corrected chi connectivity index (χ2v) is 3.99. The van der Waals surface area contributed by atoms with Crippen LogP contribution >= 0.6 is 0 Å². The van der Waals surface area contributed by atoms with Gasteiger partial charge in [-0.1, -0.05) is 31.8 Å². The Morgan fingerprint density at radius 3 is 3.00 bits per heavy atom. The standard InChI is InChI=1S/C15H19NO2/c1-3-5-6-10-16-14-9-7-8-13(12-14)15(17)18-11-4-2/h2,7-9,12,16H,3,5-6,10-11H2,1H3. The first kappa shape index (κ1) is 14.1. The lowest BCUT2D eigenvalue weighted by molar-refractivity contribution is 0.0557. The minimum Gasteiger partial charge on any atom is -0.449 e. The van der Waals surface area contributed by atoms with Crippen LogP contribution in [-0.2, 0) is 4.74 Å². The SMILES string of the molecule is C#CCOC(=O)c1cccc(NCCCCC)c1. The van der Waals surface area contributed by atoms with Crippen molar-refractivity contribution in [2.75, 3.05) is 18.5 Å². The van der Waals surface area contributed by atoms with Crippen LogP contribution in [0.4, 0.5) is 5.69 Å². The largest absolute Gasteiger partial charge is 0.449 e. The fourth-order valence-corrected chi connectivity index (χ4v) is 1.55. The zero-order chi connectivity index (χ0) is 13.2. The average molecular weight is 245 g/mol. The summed E-state index contributed by atoms with van der Waals surface area (Å²) in [6.45, 7) is 3.09. The fraction of sp³-hybridized carbons (Fsp3) is 0.400. The average Bonchev–Trinajstić information content (AvgIpc) is 2.41. The van der Waals surface area contributed by atoms with Crippen molar-refractivity contribution >= 4 is 11.7 Å². The van der Waals surface area contributed by atoms with Crippen molar-refractivity contribution in [3.05, 3.63) is 29.8 Å². The molecule has 0 heterocycles. The highest BCUT2D eigenvalue weighted by atomic mass is 16.5. The van der Waals surface area contributed by atoms with Gasteiger partial charge in [-0.3, -0.25) is 0 Å². The highest BCUT2D eigenvalue weighted by Crippen LogP contribution is 2.12. The number of unbranched alkanes of at least 4 members (excludes halogenated alkanes) is 2. The molecule has 0 saturated heterocycles. The van der Waals surface area contributed by atoms with Gasteiger partial charge in [-0.2, -0.15) is 0 Å². The van der Waals surface area contributed by atoms with Crippen LogP contribution in [0.3, 0.4) is 0 Å². The molecule has 3 nitrogen and oxygen atoms in total. The smallest absolute Gasteiger partial charge is 0.339 e. The summed E-state index contributed by atoms with van der Waals surface area (Å²) in [4.78, 5) is 11.6. The maximum Gasteiger partial charge on any atom is 0.339 e. The second kappa shape index (κ2) is 8.19. The van der Waals surface area contributed by atoms with Crippen molar-refractivity contribution < 1.29 is 9.53 Å². The predicted octanol–water partition coefficient (Wildman–Crippen LogP) is 3.08. The lowest BCUT2D eigenvalue weighted by Crippen LogP contribution is -2.07. The second-order valence-electron chi connectivity index (χ2n) is 3.99. The van der Waals surface area contributed by atoms with Gasteiger partial charge in [0.05, 0.1) is 5.56 Å². The molecule has 1 rings (SSSR count). The molecular weight excluding hydrogens is 226 g/mol. The van der Waals surface area contributed by atoms with E-state index in [-0.39, 0.29) is 12.6 Å². The summed E-state index contributed by atoms with van der Waals surface area (Å²) in [5, 5.41) is 3.28. The number of carbonyl (C=O) groups excluding carboxylic acids is 1. The van der Waals surface area contributed by atoms with E-state index in [2.05, 4.69) is 18.2 Å². The Hall–Kier alpha value is -1.95. The van der Waals surface area contributed by atoms with Crippen LogP contribution in [0.2, 0.25) is 0 Å². The van der Waals surface area contributed by atoms with Gasteiger partial charge in [0.15, 0.2) is 6.61 Å². The molecule has 96 valence electrons. The molecule has 3 heteroatoms. The Balaban J connectivity index is 2.51. The first-order valence-corrected chi connectivity index (χ1v) is 6.22. The van der Waals surface area contributed by atoms with Crippen molar-refractivity contribution in [2.24, 2.45) is 0 Å².